The number of hydrogen-bond acceptors (Lipinski definition) is 0. The molecule has 0 fully saturated rings. The van der Waals surface area contributed by atoms with E-state index in [9.17, 15) is 0 Å². The minimum Gasteiger partial charge on any atom is -0.145 e. The molecular formula is C38H26Cl2Zr. The van der Waals surface area contributed by atoms with Gasteiger partial charge in [0.15, 0.2) is 0 Å². The van der Waals surface area contributed by atoms with Crippen LogP contribution in [0.4, 0.5) is 0 Å². The molecule has 0 heterocycles. The summed E-state index contributed by atoms with van der Waals surface area (Å²) in [4.78, 5) is 0. The molecule has 0 aliphatic carbocycles. The minimum atomic E-state index is -0.826. The second-order valence-corrected chi connectivity index (χ2v) is 13.6. The van der Waals surface area contributed by atoms with E-state index in [4.69, 9.17) is 17.0 Å². The van der Waals surface area contributed by atoms with Crippen LogP contribution in [0.3, 0.4) is 0 Å². The van der Waals surface area contributed by atoms with Crippen molar-refractivity contribution in [3.05, 3.63) is 158 Å². The molecule has 0 bridgehead atoms. The van der Waals surface area contributed by atoms with E-state index in [1.165, 1.54) is 65.3 Å². The van der Waals surface area contributed by atoms with Crippen LogP contribution in [0, 0.1) is 0 Å². The van der Waals surface area contributed by atoms with Crippen molar-refractivity contribution < 1.29 is 20.8 Å². The van der Waals surface area contributed by atoms with Gasteiger partial charge in [-0.25, -0.2) is 0 Å². The summed E-state index contributed by atoms with van der Waals surface area (Å²) >= 11 is -0.826. The van der Waals surface area contributed by atoms with Gasteiger partial charge in [-0.15, -0.1) is 69.1 Å². The fraction of sp³-hybridized carbons (Fsp3) is 0. The quantitative estimate of drug-likeness (QED) is 0.164. The van der Waals surface area contributed by atoms with Gasteiger partial charge >= 0.3 is 37.9 Å². The summed E-state index contributed by atoms with van der Waals surface area (Å²) < 4.78 is 0. The van der Waals surface area contributed by atoms with Crippen LogP contribution in [0.5, 0.6) is 0 Å². The number of halogens is 2. The summed E-state index contributed by atoms with van der Waals surface area (Å²) in [5.74, 6) is 0. The Labute approximate surface area is 259 Å². The van der Waals surface area contributed by atoms with E-state index < -0.39 is 20.8 Å². The number of benzene rings is 6. The third-order valence-corrected chi connectivity index (χ3v) is 7.44. The maximum absolute atomic E-state index is 4.93. The fourth-order valence-electron chi connectivity index (χ4n) is 5.57. The molecule has 0 aromatic heterocycles. The molecule has 0 aliphatic rings. The van der Waals surface area contributed by atoms with Gasteiger partial charge in [-0.3, -0.25) is 0 Å². The van der Waals surface area contributed by atoms with E-state index in [-0.39, 0.29) is 0 Å². The van der Waals surface area contributed by atoms with Crippen LogP contribution in [0.15, 0.2) is 158 Å². The van der Waals surface area contributed by atoms with Crippen LogP contribution in [0.25, 0.3) is 65.3 Å². The van der Waals surface area contributed by atoms with Crippen LogP contribution in [0.1, 0.15) is 0 Å². The van der Waals surface area contributed by atoms with Crippen molar-refractivity contribution in [1.82, 2.24) is 0 Å². The van der Waals surface area contributed by atoms with Gasteiger partial charge in [0.25, 0.3) is 0 Å². The summed E-state index contributed by atoms with van der Waals surface area (Å²) in [5, 5.41) is 10.5. The fourth-order valence-corrected chi connectivity index (χ4v) is 5.57. The molecule has 0 spiro atoms. The Balaban J connectivity index is 0.000000135. The first kappa shape index (κ1) is 27.7. The smallest absolute Gasteiger partial charge is 0.0253 e. The van der Waals surface area contributed by atoms with Crippen molar-refractivity contribution in [2.45, 2.75) is 0 Å². The zero-order chi connectivity index (χ0) is 28.0. The van der Waals surface area contributed by atoms with E-state index >= 15 is 0 Å². The summed E-state index contributed by atoms with van der Waals surface area (Å²) in [7, 11) is 9.87. The number of fused-ring (bicyclic) bond motifs is 4. The second-order valence-electron chi connectivity index (χ2n) is 9.87. The molecule has 41 heavy (non-hydrogen) atoms. The summed E-state index contributed by atoms with van der Waals surface area (Å²) in [6.07, 6.45) is 0. The zero-order valence-corrected chi connectivity index (χ0v) is 26.2. The van der Waals surface area contributed by atoms with Crippen LogP contribution in [-0.4, -0.2) is 0 Å². The molecule has 0 saturated heterocycles. The van der Waals surface area contributed by atoms with Crippen LogP contribution in [-0.2, 0) is 20.8 Å². The molecule has 3 heteroatoms. The summed E-state index contributed by atoms with van der Waals surface area (Å²) in [6.45, 7) is 0. The van der Waals surface area contributed by atoms with Crippen LogP contribution in [0.2, 0.25) is 0 Å². The minimum absolute atomic E-state index is 0.826. The van der Waals surface area contributed by atoms with Gasteiger partial charge in [0, 0.05) is 0 Å². The van der Waals surface area contributed by atoms with E-state index in [1.54, 1.807) is 0 Å². The maximum Gasteiger partial charge on any atom is -0.0253 e. The molecule has 0 atom stereocenters. The van der Waals surface area contributed by atoms with Gasteiger partial charge in [-0.2, -0.15) is 0 Å². The molecule has 8 aromatic rings. The van der Waals surface area contributed by atoms with Crippen LogP contribution >= 0.6 is 17.0 Å². The Kier molecular flexibility index (Phi) is 8.78. The molecule has 0 saturated carbocycles. The van der Waals surface area contributed by atoms with Gasteiger partial charge in [0.05, 0.1) is 0 Å². The Morgan fingerprint density at radius 2 is 0.732 bits per heavy atom. The summed E-state index contributed by atoms with van der Waals surface area (Å²) in [6, 6.07) is 56.3. The van der Waals surface area contributed by atoms with E-state index in [2.05, 4.69) is 158 Å². The summed E-state index contributed by atoms with van der Waals surface area (Å²) in [5.41, 5.74) is 5.24. The Bertz CT molecular complexity index is 1840. The second kappa shape index (κ2) is 13.0. The molecule has 0 aliphatic heterocycles. The Morgan fingerprint density at radius 1 is 0.390 bits per heavy atom. The molecule has 0 amide bonds. The first-order chi connectivity index (χ1) is 20.2. The first-order valence-electron chi connectivity index (χ1n) is 13.5. The van der Waals surface area contributed by atoms with Gasteiger partial charge < -0.3 is 0 Å². The Hall–Kier alpha value is -3.48. The monoisotopic (exact) mass is 642 g/mol. The van der Waals surface area contributed by atoms with Crippen molar-refractivity contribution >= 4 is 60.1 Å². The van der Waals surface area contributed by atoms with Gasteiger partial charge in [0.2, 0.25) is 0 Å². The average Bonchev–Trinajstić information content (AvgIpc) is 3.66. The molecular weight excluding hydrogens is 619 g/mol. The van der Waals surface area contributed by atoms with Gasteiger partial charge in [0.1, 0.15) is 0 Å². The molecule has 0 radical (unpaired) electrons. The SMILES string of the molecule is [Cl][Zr+2][Cl].c1ccc2[cH-]c(-c3cccc4ccccc34)cc2c1.c1ccc2[cH-]c(-c3cccc4ccccc34)cc2c1. The van der Waals surface area contributed by atoms with E-state index in [0.29, 0.717) is 0 Å². The normalized spacial score (nSPS) is 10.6. The predicted octanol–water partition coefficient (Wildman–Crippen LogP) is 12.1. The van der Waals surface area contributed by atoms with E-state index in [0.717, 1.165) is 0 Å². The number of hydrogen-bond donors (Lipinski definition) is 0. The molecule has 0 N–H and O–H groups in total. The standard InChI is InChI=1S/2C19H13.2ClH.Zr/c2*1-2-8-16-13-17(12-15(16)7-1)19-11-5-9-14-6-3-4-10-18(14)19;;;/h2*1-13H;2*1H;/q2*-1;;;+4/p-2. The third-order valence-electron chi connectivity index (χ3n) is 7.44. The molecule has 0 nitrogen and oxygen atoms in total. The Morgan fingerprint density at radius 3 is 1.15 bits per heavy atom. The van der Waals surface area contributed by atoms with E-state index in [1.807, 2.05) is 0 Å². The van der Waals surface area contributed by atoms with Gasteiger partial charge in [-0.1, -0.05) is 132 Å². The maximum atomic E-state index is 4.93. The van der Waals surface area contributed by atoms with Crippen molar-refractivity contribution in [3.63, 3.8) is 0 Å². The molecule has 0 unspecified atom stereocenters. The zero-order valence-electron chi connectivity index (χ0n) is 22.3. The topological polar surface area (TPSA) is 0 Å². The predicted molar refractivity (Wildman–Crippen MR) is 177 cm³/mol. The van der Waals surface area contributed by atoms with Crippen molar-refractivity contribution in [3.8, 4) is 22.3 Å². The van der Waals surface area contributed by atoms with Crippen molar-refractivity contribution in [2.75, 3.05) is 0 Å². The van der Waals surface area contributed by atoms with Crippen molar-refractivity contribution in [1.29, 1.82) is 0 Å². The van der Waals surface area contributed by atoms with Crippen molar-refractivity contribution in [2.24, 2.45) is 0 Å². The number of rotatable bonds is 2. The molecule has 196 valence electrons. The molecule has 8 rings (SSSR count). The molecule has 8 aromatic carbocycles. The average molecular weight is 645 g/mol. The largest absolute Gasteiger partial charge is 0.145 e. The van der Waals surface area contributed by atoms with Crippen LogP contribution < -0.4 is 0 Å². The third kappa shape index (κ3) is 6.09. The van der Waals surface area contributed by atoms with Gasteiger partial charge in [-0.05, 0) is 21.5 Å². The first-order valence-corrected chi connectivity index (χ1v) is 19.8.